The lowest BCUT2D eigenvalue weighted by atomic mass is 10.1. The number of thioether (sulfide) groups is 1. The van der Waals surface area contributed by atoms with Crippen LogP contribution in [0.2, 0.25) is 0 Å². The van der Waals surface area contributed by atoms with Crippen molar-refractivity contribution in [3.05, 3.63) is 88.4 Å². The van der Waals surface area contributed by atoms with Gasteiger partial charge in [-0.15, -0.1) is 23.1 Å². The number of carbonyl (C=O) groups is 2. The summed E-state index contributed by atoms with van der Waals surface area (Å²) in [6.07, 6.45) is 0. The Morgan fingerprint density at radius 2 is 1.79 bits per heavy atom. The maximum absolute atomic E-state index is 13.6. The second kappa shape index (κ2) is 10.1. The molecule has 144 valence electrons. The molecule has 4 nitrogen and oxygen atoms in total. The first-order valence-electron chi connectivity index (χ1n) is 8.54. The molecule has 1 atom stereocenters. The summed E-state index contributed by atoms with van der Waals surface area (Å²) in [7, 11) is 0. The van der Waals surface area contributed by atoms with E-state index in [0.717, 1.165) is 22.2 Å². The molecule has 7 heteroatoms. The Kier molecular flexibility index (Phi) is 7.22. The molecular formula is C21H18FNO3S2. The number of halogens is 1. The highest BCUT2D eigenvalue weighted by Gasteiger charge is 2.18. The third-order valence-corrected chi connectivity index (χ3v) is 5.77. The Morgan fingerprint density at radius 3 is 2.50 bits per heavy atom. The number of thiophene rings is 1. The van der Waals surface area contributed by atoms with Crippen LogP contribution >= 0.6 is 23.1 Å². The Balaban J connectivity index is 1.52. The lowest BCUT2D eigenvalue weighted by Crippen LogP contribution is -2.33. The van der Waals surface area contributed by atoms with Crippen molar-refractivity contribution >= 4 is 35.0 Å². The lowest BCUT2D eigenvalue weighted by molar-refractivity contribution is -0.146. The Morgan fingerprint density at radius 1 is 1.04 bits per heavy atom. The number of hydrogen-bond donors (Lipinski definition) is 1. The molecule has 3 aromatic rings. The van der Waals surface area contributed by atoms with Crippen molar-refractivity contribution in [1.82, 2.24) is 5.32 Å². The average molecular weight is 416 g/mol. The largest absolute Gasteiger partial charge is 0.455 e. The summed E-state index contributed by atoms with van der Waals surface area (Å²) in [6, 6.07) is 19.3. The van der Waals surface area contributed by atoms with Crippen molar-refractivity contribution in [2.45, 2.75) is 10.9 Å². The van der Waals surface area contributed by atoms with Gasteiger partial charge < -0.3 is 10.1 Å². The molecule has 1 amide bonds. The van der Waals surface area contributed by atoms with Crippen molar-refractivity contribution in [3.8, 4) is 0 Å². The molecule has 1 aromatic heterocycles. The zero-order valence-electron chi connectivity index (χ0n) is 14.8. The van der Waals surface area contributed by atoms with Crippen molar-refractivity contribution in [1.29, 1.82) is 0 Å². The number of carbonyl (C=O) groups excluding carboxylic acids is 2. The van der Waals surface area contributed by atoms with Crippen LogP contribution in [0.5, 0.6) is 0 Å². The minimum absolute atomic E-state index is 0.0682. The highest BCUT2D eigenvalue weighted by Crippen LogP contribution is 2.26. The molecule has 1 heterocycles. The predicted molar refractivity (Wildman–Crippen MR) is 109 cm³/mol. The first kappa shape index (κ1) is 20.1. The van der Waals surface area contributed by atoms with Crippen molar-refractivity contribution < 1.29 is 18.7 Å². The average Bonchev–Trinajstić information content (AvgIpc) is 3.25. The number of ether oxygens (including phenoxy) is 1. The quantitative estimate of drug-likeness (QED) is 0.437. The minimum Gasteiger partial charge on any atom is -0.455 e. The second-order valence-electron chi connectivity index (χ2n) is 5.81. The van der Waals surface area contributed by atoms with E-state index >= 15 is 0 Å². The van der Waals surface area contributed by atoms with Crippen molar-refractivity contribution in [2.75, 3.05) is 12.4 Å². The third kappa shape index (κ3) is 5.68. The van der Waals surface area contributed by atoms with Crippen LogP contribution in [0.25, 0.3) is 0 Å². The molecule has 0 radical (unpaired) electrons. The van der Waals surface area contributed by atoms with E-state index in [1.807, 2.05) is 47.8 Å². The Hall–Kier alpha value is -2.64. The lowest BCUT2D eigenvalue weighted by Gasteiger charge is -2.18. The van der Waals surface area contributed by atoms with E-state index < -0.39 is 11.9 Å². The summed E-state index contributed by atoms with van der Waals surface area (Å²) in [5, 5.41) is 4.84. The molecule has 2 aromatic carbocycles. The summed E-state index contributed by atoms with van der Waals surface area (Å²) < 4.78 is 18.6. The molecule has 0 saturated carbocycles. The van der Waals surface area contributed by atoms with Crippen molar-refractivity contribution in [3.63, 3.8) is 0 Å². The number of hydrogen-bond acceptors (Lipinski definition) is 5. The van der Waals surface area contributed by atoms with Gasteiger partial charge in [0.1, 0.15) is 5.82 Å². The number of rotatable bonds is 8. The van der Waals surface area contributed by atoms with Gasteiger partial charge in [-0.05, 0) is 29.1 Å². The molecule has 0 unspecified atom stereocenters. The molecule has 0 saturated heterocycles. The van der Waals surface area contributed by atoms with Gasteiger partial charge in [-0.1, -0.05) is 48.5 Å². The zero-order chi connectivity index (χ0) is 19.8. The van der Waals surface area contributed by atoms with Gasteiger partial charge in [0.15, 0.2) is 6.61 Å². The maximum atomic E-state index is 13.6. The Labute approximate surface area is 170 Å². The van der Waals surface area contributed by atoms with Gasteiger partial charge in [0.25, 0.3) is 5.91 Å². The zero-order valence-corrected chi connectivity index (χ0v) is 16.5. The van der Waals surface area contributed by atoms with Crippen LogP contribution < -0.4 is 5.32 Å². The van der Waals surface area contributed by atoms with Crippen LogP contribution in [0.15, 0.2) is 77.0 Å². The highest BCUT2D eigenvalue weighted by atomic mass is 32.2. The fraction of sp³-hybridized carbons (Fsp3) is 0.143. The molecular weight excluding hydrogens is 397 g/mol. The number of amides is 1. The molecule has 0 spiro atoms. The molecule has 3 rings (SSSR count). The van der Waals surface area contributed by atoms with E-state index in [4.69, 9.17) is 4.74 Å². The summed E-state index contributed by atoms with van der Waals surface area (Å²) in [4.78, 5) is 25.5. The fourth-order valence-corrected chi connectivity index (χ4v) is 4.05. The number of benzene rings is 2. The fourth-order valence-electron chi connectivity index (χ4n) is 2.51. The van der Waals surface area contributed by atoms with Crippen molar-refractivity contribution in [2.24, 2.45) is 0 Å². The summed E-state index contributed by atoms with van der Waals surface area (Å²) >= 11 is 2.57. The maximum Gasteiger partial charge on any atom is 0.316 e. The summed E-state index contributed by atoms with van der Waals surface area (Å²) in [6.45, 7) is -0.384. The van der Waals surface area contributed by atoms with Gasteiger partial charge in [0.05, 0.1) is 11.8 Å². The molecule has 0 aliphatic carbocycles. The third-order valence-electron chi connectivity index (χ3n) is 3.81. The van der Waals surface area contributed by atoms with Crippen LogP contribution in [-0.4, -0.2) is 24.2 Å². The highest BCUT2D eigenvalue weighted by molar-refractivity contribution is 8.00. The van der Waals surface area contributed by atoms with Gasteiger partial charge in [-0.3, -0.25) is 9.59 Å². The van der Waals surface area contributed by atoms with Crippen LogP contribution in [-0.2, 0) is 14.3 Å². The summed E-state index contributed by atoms with van der Waals surface area (Å²) in [5.74, 6) is -1.43. The predicted octanol–water partition coefficient (Wildman–Crippen LogP) is 4.43. The first-order valence-corrected chi connectivity index (χ1v) is 10.4. The minimum atomic E-state index is -0.573. The van der Waals surface area contributed by atoms with E-state index in [1.165, 1.54) is 17.4 Å². The molecule has 0 fully saturated rings. The second-order valence-corrected chi connectivity index (χ2v) is 7.80. The van der Waals surface area contributed by atoms with Gasteiger partial charge in [-0.2, -0.15) is 0 Å². The molecule has 0 aliphatic rings. The van der Waals surface area contributed by atoms with E-state index in [1.54, 1.807) is 18.2 Å². The first-order chi connectivity index (χ1) is 13.6. The SMILES string of the molecule is O=C(COC(=O)CSc1ccccc1F)N[C@@H](c1ccccc1)c1cccs1. The van der Waals surface area contributed by atoms with Crippen LogP contribution in [0, 0.1) is 5.82 Å². The summed E-state index contributed by atoms with van der Waals surface area (Å²) in [5.41, 5.74) is 0.944. The van der Waals surface area contributed by atoms with E-state index in [-0.39, 0.29) is 24.2 Å². The molecule has 0 aliphatic heterocycles. The van der Waals surface area contributed by atoms with Gasteiger partial charge >= 0.3 is 5.97 Å². The van der Waals surface area contributed by atoms with Gasteiger partial charge in [0, 0.05) is 9.77 Å². The molecule has 1 N–H and O–H groups in total. The number of nitrogens with one attached hydrogen (secondary N) is 1. The van der Waals surface area contributed by atoms with E-state index in [0.29, 0.717) is 4.90 Å². The number of esters is 1. The van der Waals surface area contributed by atoms with Gasteiger partial charge in [0.2, 0.25) is 0 Å². The van der Waals surface area contributed by atoms with E-state index in [9.17, 15) is 14.0 Å². The molecule has 28 heavy (non-hydrogen) atoms. The van der Waals surface area contributed by atoms with Crippen LogP contribution in [0.4, 0.5) is 4.39 Å². The standard InChI is InChI=1S/C21H18FNO3S2/c22-16-9-4-5-10-17(16)28-14-20(25)26-13-19(24)23-21(18-11-6-12-27-18)15-7-2-1-3-8-15/h1-12,21H,13-14H2,(H,23,24)/t21-/m0/s1. The smallest absolute Gasteiger partial charge is 0.316 e. The van der Waals surface area contributed by atoms with Crippen LogP contribution in [0.1, 0.15) is 16.5 Å². The molecule has 0 bridgehead atoms. The Bertz CT molecular complexity index is 916. The monoisotopic (exact) mass is 415 g/mol. The normalized spacial score (nSPS) is 11.6. The topological polar surface area (TPSA) is 55.4 Å². The van der Waals surface area contributed by atoms with Crippen LogP contribution in [0.3, 0.4) is 0 Å². The van der Waals surface area contributed by atoms with E-state index in [2.05, 4.69) is 5.32 Å². The van der Waals surface area contributed by atoms with Gasteiger partial charge in [-0.25, -0.2) is 4.39 Å².